The fourth-order valence-corrected chi connectivity index (χ4v) is 2.25. The molecule has 0 saturated heterocycles. The zero-order valence-corrected chi connectivity index (χ0v) is 11.1. The van der Waals surface area contributed by atoms with E-state index in [2.05, 4.69) is 61.8 Å². The molecule has 0 radical (unpaired) electrons. The summed E-state index contributed by atoms with van der Waals surface area (Å²) < 4.78 is 1.24. The number of hydrogen-bond donors (Lipinski definition) is 0. The molecule has 0 heterocycles. The average Bonchev–Trinajstić information content (AvgIpc) is 2.17. The first-order valence-corrected chi connectivity index (χ1v) is 6.14. The molecule has 0 aromatic heterocycles. The van der Waals surface area contributed by atoms with Crippen LogP contribution in [0.5, 0.6) is 0 Å². The Hall–Kier alpha value is -0.300. The van der Waals surface area contributed by atoms with E-state index in [1.165, 1.54) is 22.0 Å². The van der Waals surface area contributed by atoms with Crippen LogP contribution in [0.2, 0.25) is 0 Å². The minimum absolute atomic E-state index is 0.591. The smallest absolute Gasteiger partial charge is 0.0210 e. The minimum Gasteiger partial charge on any atom is -0.0648 e. The second-order valence-corrected chi connectivity index (χ2v) is 5.10. The van der Waals surface area contributed by atoms with Crippen LogP contribution in [0.4, 0.5) is 0 Å². The van der Waals surface area contributed by atoms with Gasteiger partial charge in [0.2, 0.25) is 0 Å². The minimum atomic E-state index is 0.591. The molecule has 1 atom stereocenters. The summed E-state index contributed by atoms with van der Waals surface area (Å²) in [5, 5.41) is 0. The molecule has 0 aliphatic carbocycles. The van der Waals surface area contributed by atoms with Gasteiger partial charge in [0.25, 0.3) is 0 Å². The third kappa shape index (κ3) is 2.60. The SMILES string of the molecule is CCC(C)c1ccc(Br)c(C(C)C)c1. The molecule has 78 valence electrons. The molecule has 14 heavy (non-hydrogen) atoms. The molecule has 0 amide bonds. The summed E-state index contributed by atoms with van der Waals surface area (Å²) in [5.41, 5.74) is 2.88. The van der Waals surface area contributed by atoms with Crippen molar-refractivity contribution in [3.05, 3.63) is 33.8 Å². The van der Waals surface area contributed by atoms with Crippen molar-refractivity contribution in [2.75, 3.05) is 0 Å². The lowest BCUT2D eigenvalue weighted by Gasteiger charge is -2.14. The fraction of sp³-hybridized carbons (Fsp3) is 0.538. The molecule has 0 nitrogen and oxygen atoms in total. The van der Waals surface area contributed by atoms with Crippen LogP contribution >= 0.6 is 15.9 Å². The highest BCUT2D eigenvalue weighted by Gasteiger charge is 2.08. The summed E-state index contributed by atoms with van der Waals surface area (Å²) in [7, 11) is 0. The van der Waals surface area contributed by atoms with Gasteiger partial charge in [0.05, 0.1) is 0 Å². The Bertz CT molecular complexity index is 302. The van der Waals surface area contributed by atoms with Crippen molar-refractivity contribution in [3.8, 4) is 0 Å². The van der Waals surface area contributed by atoms with Crippen LogP contribution in [0.3, 0.4) is 0 Å². The van der Waals surface area contributed by atoms with Crippen LogP contribution in [0, 0.1) is 0 Å². The fourth-order valence-electron chi connectivity index (χ4n) is 1.55. The molecular formula is C13H19Br. The lowest BCUT2D eigenvalue weighted by Crippen LogP contribution is -1.96. The number of benzene rings is 1. The van der Waals surface area contributed by atoms with E-state index in [1.807, 2.05) is 0 Å². The van der Waals surface area contributed by atoms with Crippen molar-refractivity contribution in [1.29, 1.82) is 0 Å². The van der Waals surface area contributed by atoms with E-state index in [-0.39, 0.29) is 0 Å². The summed E-state index contributed by atoms with van der Waals surface area (Å²) in [6.07, 6.45) is 1.21. The molecule has 1 aromatic carbocycles. The van der Waals surface area contributed by atoms with Gasteiger partial charge in [-0.1, -0.05) is 55.8 Å². The van der Waals surface area contributed by atoms with E-state index in [9.17, 15) is 0 Å². The molecule has 0 spiro atoms. The average molecular weight is 255 g/mol. The first-order valence-electron chi connectivity index (χ1n) is 5.35. The lowest BCUT2D eigenvalue weighted by molar-refractivity contribution is 0.728. The van der Waals surface area contributed by atoms with Crippen molar-refractivity contribution in [1.82, 2.24) is 0 Å². The zero-order valence-electron chi connectivity index (χ0n) is 9.47. The standard InChI is InChI=1S/C13H19Br/c1-5-10(4)11-6-7-13(14)12(8-11)9(2)3/h6-10H,5H2,1-4H3. The molecule has 0 aliphatic rings. The van der Waals surface area contributed by atoms with Crippen molar-refractivity contribution >= 4 is 15.9 Å². The van der Waals surface area contributed by atoms with Gasteiger partial charge in [0, 0.05) is 4.47 Å². The predicted octanol–water partition coefficient (Wildman–Crippen LogP) is 5.09. The first-order chi connectivity index (χ1) is 6.56. The van der Waals surface area contributed by atoms with Gasteiger partial charge in [-0.2, -0.15) is 0 Å². The van der Waals surface area contributed by atoms with E-state index < -0.39 is 0 Å². The van der Waals surface area contributed by atoms with Crippen LogP contribution < -0.4 is 0 Å². The normalized spacial score (nSPS) is 13.3. The number of rotatable bonds is 3. The zero-order chi connectivity index (χ0) is 10.7. The highest BCUT2D eigenvalue weighted by Crippen LogP contribution is 2.29. The maximum Gasteiger partial charge on any atom is 0.0210 e. The second kappa shape index (κ2) is 4.97. The molecular weight excluding hydrogens is 236 g/mol. The monoisotopic (exact) mass is 254 g/mol. The van der Waals surface area contributed by atoms with Gasteiger partial charge < -0.3 is 0 Å². The molecule has 0 saturated carbocycles. The Morgan fingerprint density at radius 3 is 2.36 bits per heavy atom. The highest BCUT2D eigenvalue weighted by atomic mass is 79.9. The van der Waals surface area contributed by atoms with Gasteiger partial charge >= 0.3 is 0 Å². The molecule has 1 heteroatoms. The van der Waals surface area contributed by atoms with Crippen LogP contribution in [-0.2, 0) is 0 Å². The summed E-state index contributed by atoms with van der Waals surface area (Å²) in [6, 6.07) is 6.74. The van der Waals surface area contributed by atoms with Gasteiger partial charge in [0.15, 0.2) is 0 Å². The number of hydrogen-bond acceptors (Lipinski definition) is 0. The van der Waals surface area contributed by atoms with E-state index in [1.54, 1.807) is 0 Å². The van der Waals surface area contributed by atoms with E-state index in [0.717, 1.165) is 0 Å². The second-order valence-electron chi connectivity index (χ2n) is 4.24. The summed E-state index contributed by atoms with van der Waals surface area (Å²) in [6.45, 7) is 9.00. The van der Waals surface area contributed by atoms with E-state index in [4.69, 9.17) is 0 Å². The van der Waals surface area contributed by atoms with E-state index in [0.29, 0.717) is 11.8 Å². The van der Waals surface area contributed by atoms with E-state index >= 15 is 0 Å². The maximum atomic E-state index is 3.60. The largest absolute Gasteiger partial charge is 0.0648 e. The highest BCUT2D eigenvalue weighted by molar-refractivity contribution is 9.10. The predicted molar refractivity (Wildman–Crippen MR) is 66.9 cm³/mol. The van der Waals surface area contributed by atoms with Gasteiger partial charge in [-0.3, -0.25) is 0 Å². The van der Waals surface area contributed by atoms with Crippen molar-refractivity contribution in [3.63, 3.8) is 0 Å². The van der Waals surface area contributed by atoms with Crippen molar-refractivity contribution in [2.45, 2.75) is 46.0 Å². The summed E-state index contributed by atoms with van der Waals surface area (Å²) in [5.74, 6) is 1.26. The first kappa shape index (κ1) is 11.8. The Morgan fingerprint density at radius 1 is 1.21 bits per heavy atom. The topological polar surface area (TPSA) is 0 Å². The lowest BCUT2D eigenvalue weighted by atomic mass is 9.93. The van der Waals surface area contributed by atoms with Gasteiger partial charge in [-0.25, -0.2) is 0 Å². The van der Waals surface area contributed by atoms with Gasteiger partial charge in [0.1, 0.15) is 0 Å². The van der Waals surface area contributed by atoms with Gasteiger partial charge in [-0.15, -0.1) is 0 Å². The molecule has 1 unspecified atom stereocenters. The molecule has 0 N–H and O–H groups in total. The molecule has 0 aliphatic heterocycles. The molecule has 1 rings (SSSR count). The maximum absolute atomic E-state index is 3.60. The molecule has 0 bridgehead atoms. The Balaban J connectivity index is 3.06. The van der Waals surface area contributed by atoms with Crippen LogP contribution in [0.1, 0.15) is 57.1 Å². The Labute approximate surface area is 95.9 Å². The van der Waals surface area contributed by atoms with Crippen molar-refractivity contribution in [2.24, 2.45) is 0 Å². The third-order valence-electron chi connectivity index (χ3n) is 2.82. The van der Waals surface area contributed by atoms with Gasteiger partial charge in [-0.05, 0) is 35.4 Å². The van der Waals surface area contributed by atoms with Crippen LogP contribution in [0.15, 0.2) is 22.7 Å². The van der Waals surface area contributed by atoms with Crippen LogP contribution in [-0.4, -0.2) is 0 Å². The summed E-state index contributed by atoms with van der Waals surface area (Å²) >= 11 is 3.60. The Kier molecular flexibility index (Phi) is 4.18. The third-order valence-corrected chi connectivity index (χ3v) is 3.55. The van der Waals surface area contributed by atoms with Crippen molar-refractivity contribution < 1.29 is 0 Å². The van der Waals surface area contributed by atoms with Crippen LogP contribution in [0.25, 0.3) is 0 Å². The quantitative estimate of drug-likeness (QED) is 0.706. The summed E-state index contributed by atoms with van der Waals surface area (Å²) in [4.78, 5) is 0. The Morgan fingerprint density at radius 2 is 1.86 bits per heavy atom. The molecule has 1 aromatic rings. The number of halogens is 1. The molecule has 0 fully saturated rings.